The fourth-order valence-electron chi connectivity index (χ4n) is 1.34. The number of likely N-dealkylation sites (N-methyl/N-ethyl adjacent to an activating group) is 1. The number of carbonyl (C=O) groups excluding carboxylic acids is 1. The molecule has 0 aliphatic carbocycles. The third-order valence-electron chi connectivity index (χ3n) is 2.37. The molecule has 0 aliphatic rings. The summed E-state index contributed by atoms with van der Waals surface area (Å²) in [5.74, 6) is 0.0662. The van der Waals surface area contributed by atoms with E-state index in [4.69, 9.17) is 0 Å². The average Bonchev–Trinajstić information content (AvgIpc) is 2.34. The van der Waals surface area contributed by atoms with Gasteiger partial charge in [0.25, 0.3) is 0 Å². The summed E-state index contributed by atoms with van der Waals surface area (Å²) in [6.07, 6.45) is 0. The Morgan fingerprint density at radius 1 is 1.42 bits per heavy atom. The number of amides is 1. The highest BCUT2D eigenvalue weighted by atomic mass is 16.6. The van der Waals surface area contributed by atoms with Gasteiger partial charge in [-0.15, -0.1) is 0 Å². The molecule has 1 rings (SSSR count). The molecule has 1 heterocycles. The van der Waals surface area contributed by atoms with Crippen LogP contribution in [0.1, 0.15) is 5.69 Å². The Balaban J connectivity index is 3.06. The Morgan fingerprint density at radius 2 is 2.05 bits per heavy atom. The van der Waals surface area contributed by atoms with Crippen molar-refractivity contribution in [1.29, 1.82) is 0 Å². The average molecular weight is 268 g/mol. The highest BCUT2D eigenvalue weighted by Crippen LogP contribution is 2.26. The first-order chi connectivity index (χ1) is 8.86. The minimum absolute atomic E-state index is 0.0250. The van der Waals surface area contributed by atoms with Crippen molar-refractivity contribution in [3.05, 3.63) is 15.8 Å². The summed E-state index contributed by atoms with van der Waals surface area (Å²) in [5, 5.41) is 16.4. The monoisotopic (exact) mass is 268 g/mol. The van der Waals surface area contributed by atoms with Crippen molar-refractivity contribution < 1.29 is 9.72 Å². The van der Waals surface area contributed by atoms with Gasteiger partial charge in [0.15, 0.2) is 0 Å². The van der Waals surface area contributed by atoms with E-state index in [1.165, 1.54) is 11.8 Å². The Hall–Kier alpha value is -2.45. The molecule has 9 heteroatoms. The van der Waals surface area contributed by atoms with Gasteiger partial charge in [-0.2, -0.15) is 4.98 Å². The van der Waals surface area contributed by atoms with Gasteiger partial charge >= 0.3 is 5.69 Å². The maximum atomic E-state index is 11.5. The van der Waals surface area contributed by atoms with Crippen LogP contribution in [0.5, 0.6) is 0 Å². The maximum Gasteiger partial charge on any atom is 0.332 e. The molecule has 0 aliphatic heterocycles. The molecule has 19 heavy (non-hydrogen) atoms. The lowest BCUT2D eigenvalue weighted by Crippen LogP contribution is -2.29. The molecule has 0 saturated heterocycles. The van der Waals surface area contributed by atoms with Gasteiger partial charge < -0.3 is 15.5 Å². The standard InChI is InChI=1S/C10H16N6O3/c1-6-8(16(18)19)9(14-10(11-2)13-6)12-5-7(17)15(3)4/h5H2,1-4H3,(H2,11,12,13,14). The molecule has 0 fully saturated rings. The molecular formula is C10H16N6O3. The van der Waals surface area contributed by atoms with Crippen LogP contribution in [0.4, 0.5) is 17.5 Å². The van der Waals surface area contributed by atoms with Gasteiger partial charge in [0.05, 0.1) is 11.5 Å². The highest BCUT2D eigenvalue weighted by molar-refractivity contribution is 5.81. The van der Waals surface area contributed by atoms with E-state index in [0.717, 1.165) is 0 Å². The van der Waals surface area contributed by atoms with E-state index in [2.05, 4.69) is 20.6 Å². The summed E-state index contributed by atoms with van der Waals surface area (Å²) >= 11 is 0. The quantitative estimate of drug-likeness (QED) is 0.580. The Kier molecular flexibility index (Phi) is 4.56. The molecule has 0 atom stereocenters. The summed E-state index contributed by atoms with van der Waals surface area (Å²) in [5.41, 5.74) is -0.00490. The zero-order valence-corrected chi connectivity index (χ0v) is 11.2. The van der Waals surface area contributed by atoms with Crippen LogP contribution in [-0.4, -0.2) is 53.4 Å². The van der Waals surface area contributed by atoms with Crippen molar-refractivity contribution in [2.75, 3.05) is 38.3 Å². The van der Waals surface area contributed by atoms with Crippen LogP contribution in [0.2, 0.25) is 0 Å². The molecular weight excluding hydrogens is 252 g/mol. The fourth-order valence-corrected chi connectivity index (χ4v) is 1.34. The molecule has 0 spiro atoms. The van der Waals surface area contributed by atoms with Crippen LogP contribution >= 0.6 is 0 Å². The summed E-state index contributed by atoms with van der Waals surface area (Å²) in [4.78, 5) is 31.2. The first-order valence-electron chi connectivity index (χ1n) is 5.51. The van der Waals surface area contributed by atoms with E-state index in [0.29, 0.717) is 0 Å². The molecule has 0 aromatic carbocycles. The van der Waals surface area contributed by atoms with E-state index in [9.17, 15) is 14.9 Å². The topological polar surface area (TPSA) is 113 Å². The van der Waals surface area contributed by atoms with Crippen molar-refractivity contribution in [2.24, 2.45) is 0 Å². The second-order valence-electron chi connectivity index (χ2n) is 3.98. The summed E-state index contributed by atoms with van der Waals surface area (Å²) in [6, 6.07) is 0. The minimum Gasteiger partial charge on any atom is -0.357 e. The van der Waals surface area contributed by atoms with Crippen molar-refractivity contribution in [1.82, 2.24) is 14.9 Å². The molecule has 104 valence electrons. The number of carbonyl (C=O) groups is 1. The van der Waals surface area contributed by atoms with Gasteiger partial charge in [-0.05, 0) is 6.92 Å². The molecule has 0 radical (unpaired) electrons. The Bertz CT molecular complexity index is 502. The van der Waals surface area contributed by atoms with E-state index in [1.807, 2.05) is 0 Å². The molecule has 9 nitrogen and oxygen atoms in total. The summed E-state index contributed by atoms with van der Waals surface area (Å²) < 4.78 is 0. The smallest absolute Gasteiger partial charge is 0.332 e. The molecule has 0 saturated carbocycles. The zero-order chi connectivity index (χ0) is 14.6. The number of anilines is 2. The van der Waals surface area contributed by atoms with Crippen molar-refractivity contribution in [3.8, 4) is 0 Å². The number of nitro groups is 1. The fraction of sp³-hybridized carbons (Fsp3) is 0.500. The van der Waals surface area contributed by atoms with E-state index in [-0.39, 0.29) is 35.6 Å². The van der Waals surface area contributed by atoms with E-state index in [1.54, 1.807) is 21.1 Å². The van der Waals surface area contributed by atoms with Crippen LogP contribution in [0.15, 0.2) is 0 Å². The van der Waals surface area contributed by atoms with Crippen LogP contribution < -0.4 is 10.6 Å². The number of aryl methyl sites for hydroxylation is 1. The van der Waals surface area contributed by atoms with Crippen molar-refractivity contribution in [3.63, 3.8) is 0 Å². The van der Waals surface area contributed by atoms with Crippen molar-refractivity contribution >= 4 is 23.4 Å². The molecule has 1 aromatic rings. The molecule has 0 unspecified atom stereocenters. The molecule has 2 N–H and O–H groups in total. The minimum atomic E-state index is -0.572. The van der Waals surface area contributed by atoms with Gasteiger partial charge in [-0.3, -0.25) is 14.9 Å². The summed E-state index contributed by atoms with van der Waals surface area (Å²) in [7, 11) is 4.81. The van der Waals surface area contributed by atoms with Gasteiger partial charge in [0.1, 0.15) is 5.69 Å². The van der Waals surface area contributed by atoms with Gasteiger partial charge in [-0.25, -0.2) is 4.98 Å². The second-order valence-corrected chi connectivity index (χ2v) is 3.98. The first kappa shape index (κ1) is 14.6. The van der Waals surface area contributed by atoms with Crippen LogP contribution in [0.3, 0.4) is 0 Å². The van der Waals surface area contributed by atoms with Crippen molar-refractivity contribution in [2.45, 2.75) is 6.92 Å². The molecule has 0 bridgehead atoms. The molecule has 1 aromatic heterocycles. The van der Waals surface area contributed by atoms with E-state index < -0.39 is 4.92 Å². The number of rotatable bonds is 5. The van der Waals surface area contributed by atoms with Crippen LogP contribution in [0, 0.1) is 17.0 Å². The van der Waals surface area contributed by atoms with Gasteiger partial charge in [-0.1, -0.05) is 0 Å². The third kappa shape index (κ3) is 3.50. The highest BCUT2D eigenvalue weighted by Gasteiger charge is 2.22. The third-order valence-corrected chi connectivity index (χ3v) is 2.37. The summed E-state index contributed by atoms with van der Waals surface area (Å²) in [6.45, 7) is 1.44. The number of aromatic nitrogens is 2. The molecule has 1 amide bonds. The van der Waals surface area contributed by atoms with Gasteiger partial charge in [0, 0.05) is 21.1 Å². The maximum absolute atomic E-state index is 11.5. The SMILES string of the molecule is CNc1nc(C)c([N+](=O)[O-])c(NCC(=O)N(C)C)n1. The number of hydrogen-bond donors (Lipinski definition) is 2. The predicted molar refractivity (Wildman–Crippen MR) is 70.2 cm³/mol. The van der Waals surface area contributed by atoms with Gasteiger partial charge in [0.2, 0.25) is 17.7 Å². The number of hydrogen-bond acceptors (Lipinski definition) is 7. The lowest BCUT2D eigenvalue weighted by atomic mass is 10.3. The second kappa shape index (κ2) is 5.94. The Morgan fingerprint density at radius 3 is 2.53 bits per heavy atom. The lowest BCUT2D eigenvalue weighted by Gasteiger charge is -2.12. The zero-order valence-electron chi connectivity index (χ0n) is 11.2. The van der Waals surface area contributed by atoms with Crippen LogP contribution in [0.25, 0.3) is 0 Å². The largest absolute Gasteiger partial charge is 0.357 e. The number of nitrogens with zero attached hydrogens (tertiary/aromatic N) is 4. The Labute approximate surface area is 110 Å². The normalized spacial score (nSPS) is 9.89. The lowest BCUT2D eigenvalue weighted by molar-refractivity contribution is -0.385. The first-order valence-corrected chi connectivity index (χ1v) is 5.51. The predicted octanol–water partition coefficient (Wildman–Crippen LogP) is 0.235. The van der Waals surface area contributed by atoms with E-state index >= 15 is 0 Å². The van der Waals surface area contributed by atoms with Crippen LogP contribution in [-0.2, 0) is 4.79 Å². The number of nitrogens with one attached hydrogen (secondary N) is 2.